The lowest BCUT2D eigenvalue weighted by atomic mass is 10.2. The number of nitrogens with zero attached hydrogens (tertiary/aromatic N) is 2. The van der Waals surface area contributed by atoms with E-state index in [2.05, 4.69) is 10.4 Å². The molecule has 0 bridgehead atoms. The first-order valence-electron chi connectivity index (χ1n) is 9.95. The van der Waals surface area contributed by atoms with Crippen molar-refractivity contribution in [2.75, 3.05) is 5.32 Å². The quantitative estimate of drug-likeness (QED) is 0.345. The van der Waals surface area contributed by atoms with Crippen molar-refractivity contribution in [1.29, 1.82) is 0 Å². The van der Waals surface area contributed by atoms with E-state index in [9.17, 15) is 4.79 Å². The zero-order chi connectivity index (χ0) is 22.7. The number of aryl methyl sites for hydroxylation is 2. The summed E-state index contributed by atoms with van der Waals surface area (Å²) in [6.07, 6.45) is 0. The molecule has 0 saturated carbocycles. The van der Waals surface area contributed by atoms with Crippen molar-refractivity contribution in [2.45, 2.75) is 27.0 Å². The van der Waals surface area contributed by atoms with Gasteiger partial charge in [-0.25, -0.2) is 0 Å². The van der Waals surface area contributed by atoms with Gasteiger partial charge >= 0.3 is 0 Å². The van der Waals surface area contributed by atoms with Gasteiger partial charge in [0, 0.05) is 21.8 Å². The molecule has 1 N–H and O–H groups in total. The maximum absolute atomic E-state index is 12.6. The molecule has 6 nitrogen and oxygen atoms in total. The molecule has 0 saturated heterocycles. The normalized spacial score (nSPS) is 10.9. The Kier molecular flexibility index (Phi) is 6.53. The van der Waals surface area contributed by atoms with Crippen molar-refractivity contribution < 1.29 is 13.9 Å². The number of anilines is 1. The van der Waals surface area contributed by atoms with Crippen LogP contribution in [0.25, 0.3) is 0 Å². The molecule has 164 valence electrons. The number of nitrogens with one attached hydrogen (secondary N) is 1. The summed E-state index contributed by atoms with van der Waals surface area (Å²) >= 11 is 12.0. The summed E-state index contributed by atoms with van der Waals surface area (Å²) in [6, 6.07) is 18.1. The third-order valence-corrected chi connectivity index (χ3v) is 5.31. The average Bonchev–Trinajstić information content (AvgIpc) is 3.34. The lowest BCUT2D eigenvalue weighted by Gasteiger charge is -2.07. The van der Waals surface area contributed by atoms with Gasteiger partial charge in [0.25, 0.3) is 5.91 Å². The summed E-state index contributed by atoms with van der Waals surface area (Å²) < 4.78 is 13.2. The van der Waals surface area contributed by atoms with Crippen molar-refractivity contribution in [3.63, 3.8) is 0 Å². The largest absolute Gasteiger partial charge is 0.485 e. The maximum Gasteiger partial charge on any atom is 0.292 e. The van der Waals surface area contributed by atoms with Gasteiger partial charge in [0.2, 0.25) is 0 Å². The molecule has 0 fully saturated rings. The molecule has 0 aliphatic heterocycles. The minimum atomic E-state index is -0.383. The van der Waals surface area contributed by atoms with Crippen molar-refractivity contribution in [2.24, 2.45) is 0 Å². The van der Waals surface area contributed by atoms with Crippen LogP contribution in [-0.4, -0.2) is 15.7 Å². The highest BCUT2D eigenvalue weighted by atomic mass is 35.5. The molecule has 2 aromatic carbocycles. The Balaban J connectivity index is 1.38. The van der Waals surface area contributed by atoms with Gasteiger partial charge in [-0.05, 0) is 67.4 Å². The predicted molar refractivity (Wildman–Crippen MR) is 125 cm³/mol. The molecule has 0 unspecified atom stereocenters. The number of hydrogen-bond donors (Lipinski definition) is 1. The SMILES string of the molecule is Cc1cc(Cl)ccc1OCc1ccc(C(=O)Nc2cc(C)n(Cc3cccc(Cl)c3)n2)o1. The van der Waals surface area contributed by atoms with E-state index in [0.29, 0.717) is 33.9 Å². The topological polar surface area (TPSA) is 69.3 Å². The van der Waals surface area contributed by atoms with Crippen molar-refractivity contribution in [3.05, 3.63) is 99.1 Å². The number of amides is 1. The minimum absolute atomic E-state index is 0.179. The van der Waals surface area contributed by atoms with Crippen LogP contribution in [0.1, 0.15) is 33.1 Å². The second-order valence-electron chi connectivity index (χ2n) is 7.38. The van der Waals surface area contributed by atoms with Crippen LogP contribution < -0.4 is 10.1 Å². The number of benzene rings is 2. The van der Waals surface area contributed by atoms with Crippen molar-refractivity contribution >= 4 is 34.9 Å². The van der Waals surface area contributed by atoms with Crippen LogP contribution in [0.3, 0.4) is 0 Å². The molecule has 4 rings (SSSR count). The number of carbonyl (C=O) groups excluding carboxylic acids is 1. The van der Waals surface area contributed by atoms with E-state index in [-0.39, 0.29) is 18.3 Å². The molecule has 0 spiro atoms. The first kappa shape index (κ1) is 22.0. The highest BCUT2D eigenvalue weighted by molar-refractivity contribution is 6.30. The Bertz CT molecular complexity index is 1260. The van der Waals surface area contributed by atoms with E-state index in [4.69, 9.17) is 32.4 Å². The molecule has 0 aliphatic rings. The molecule has 32 heavy (non-hydrogen) atoms. The van der Waals surface area contributed by atoms with Gasteiger partial charge in [-0.15, -0.1) is 0 Å². The lowest BCUT2D eigenvalue weighted by molar-refractivity contribution is 0.0992. The van der Waals surface area contributed by atoms with Gasteiger partial charge in [0.05, 0.1) is 6.54 Å². The summed E-state index contributed by atoms with van der Waals surface area (Å²) in [6.45, 7) is 4.59. The van der Waals surface area contributed by atoms with Gasteiger partial charge in [-0.2, -0.15) is 5.10 Å². The van der Waals surface area contributed by atoms with E-state index < -0.39 is 0 Å². The summed E-state index contributed by atoms with van der Waals surface area (Å²) in [5.41, 5.74) is 2.85. The first-order chi connectivity index (χ1) is 15.4. The van der Waals surface area contributed by atoms with Crippen LogP contribution in [0.4, 0.5) is 5.82 Å². The third kappa shape index (κ3) is 5.33. The Morgan fingerprint density at radius 2 is 1.88 bits per heavy atom. The van der Waals surface area contributed by atoms with E-state index in [0.717, 1.165) is 16.8 Å². The smallest absolute Gasteiger partial charge is 0.292 e. The Morgan fingerprint density at radius 1 is 1.06 bits per heavy atom. The number of ether oxygens (including phenoxy) is 1. The van der Waals surface area contributed by atoms with Crippen LogP contribution in [0.5, 0.6) is 5.75 Å². The molecule has 0 atom stereocenters. The Labute approximate surface area is 195 Å². The molecule has 0 aliphatic carbocycles. The zero-order valence-corrected chi connectivity index (χ0v) is 19.1. The molecule has 1 amide bonds. The van der Waals surface area contributed by atoms with E-state index in [1.165, 1.54) is 0 Å². The molecule has 2 heterocycles. The fourth-order valence-electron chi connectivity index (χ4n) is 3.22. The monoisotopic (exact) mass is 469 g/mol. The Morgan fingerprint density at radius 3 is 2.66 bits per heavy atom. The van der Waals surface area contributed by atoms with Crippen molar-refractivity contribution in [1.82, 2.24) is 9.78 Å². The molecular weight excluding hydrogens is 449 g/mol. The average molecular weight is 470 g/mol. The van der Waals surface area contributed by atoms with Crippen LogP contribution >= 0.6 is 23.2 Å². The van der Waals surface area contributed by atoms with E-state index >= 15 is 0 Å². The maximum atomic E-state index is 12.6. The van der Waals surface area contributed by atoms with Crippen LogP contribution in [0, 0.1) is 13.8 Å². The van der Waals surface area contributed by atoms with Crippen LogP contribution in [-0.2, 0) is 13.2 Å². The number of hydrogen-bond acceptors (Lipinski definition) is 4. The molecule has 2 aromatic heterocycles. The number of furan rings is 1. The molecular formula is C24H21Cl2N3O3. The van der Waals surface area contributed by atoms with Crippen molar-refractivity contribution in [3.8, 4) is 5.75 Å². The second-order valence-corrected chi connectivity index (χ2v) is 8.25. The molecule has 0 radical (unpaired) electrons. The first-order valence-corrected chi connectivity index (χ1v) is 10.7. The summed E-state index contributed by atoms with van der Waals surface area (Å²) in [5, 5.41) is 8.56. The standard InChI is InChI=1S/C24H21Cl2N3O3/c1-15-10-19(26)6-8-21(15)31-14-20-7-9-22(32-20)24(30)27-23-11-16(2)29(28-23)13-17-4-3-5-18(25)12-17/h3-12H,13-14H2,1-2H3,(H,27,28,30). The van der Waals surface area contributed by atoms with Gasteiger partial charge in [0.15, 0.2) is 11.6 Å². The third-order valence-electron chi connectivity index (χ3n) is 4.84. The number of halogens is 2. The zero-order valence-electron chi connectivity index (χ0n) is 17.6. The Hall–Kier alpha value is -3.22. The highest BCUT2D eigenvalue weighted by Crippen LogP contribution is 2.23. The lowest BCUT2D eigenvalue weighted by Crippen LogP contribution is -2.12. The predicted octanol–water partition coefficient (Wildman–Crippen LogP) is 6.28. The fourth-order valence-corrected chi connectivity index (χ4v) is 3.66. The van der Waals surface area contributed by atoms with E-state index in [1.54, 1.807) is 35.0 Å². The van der Waals surface area contributed by atoms with Gasteiger partial charge < -0.3 is 14.5 Å². The van der Waals surface area contributed by atoms with Gasteiger partial charge in [-0.3, -0.25) is 9.48 Å². The summed E-state index contributed by atoms with van der Waals surface area (Å²) in [4.78, 5) is 12.6. The van der Waals surface area contributed by atoms with Crippen LogP contribution in [0.15, 0.2) is 65.1 Å². The summed E-state index contributed by atoms with van der Waals surface area (Å²) in [7, 11) is 0. The molecule has 8 heteroatoms. The number of aromatic nitrogens is 2. The second kappa shape index (κ2) is 9.51. The minimum Gasteiger partial charge on any atom is -0.485 e. The summed E-state index contributed by atoms with van der Waals surface area (Å²) in [5.74, 6) is 1.48. The van der Waals surface area contributed by atoms with Crippen LogP contribution in [0.2, 0.25) is 10.0 Å². The molecule has 4 aromatic rings. The number of carbonyl (C=O) groups is 1. The highest BCUT2D eigenvalue weighted by Gasteiger charge is 2.15. The fraction of sp³-hybridized carbons (Fsp3) is 0.167. The van der Waals surface area contributed by atoms with Gasteiger partial charge in [-0.1, -0.05) is 35.3 Å². The van der Waals surface area contributed by atoms with E-state index in [1.807, 2.05) is 44.2 Å². The van der Waals surface area contributed by atoms with Gasteiger partial charge in [0.1, 0.15) is 18.1 Å². The number of rotatable bonds is 7.